The van der Waals surface area contributed by atoms with Crippen molar-refractivity contribution in [2.45, 2.75) is 26.4 Å². The number of rotatable bonds is 4. The summed E-state index contributed by atoms with van der Waals surface area (Å²) in [5.74, 6) is -0.0255. The lowest BCUT2D eigenvalue weighted by molar-refractivity contribution is -0.132. The Bertz CT molecular complexity index is 124. The second-order valence-corrected chi connectivity index (χ2v) is 3.37. The molecular weight excluding hydrogens is 144 g/mol. The molecule has 0 aromatic rings. The molecule has 0 rings (SSSR count). The Hall–Kier alpha value is -0.410. The molecule has 3 nitrogen and oxygen atoms in total. The molecule has 0 heterocycles. The number of carbonyl (C=O) groups is 1. The van der Waals surface area contributed by atoms with Crippen LogP contribution in [0.2, 0.25) is 0 Å². The Kier molecular flexibility index (Phi) is 4.30. The number of carbonyl (C=O) groups excluding carboxylic acids is 1. The van der Waals surface area contributed by atoms with Crippen molar-refractivity contribution < 1.29 is 14.3 Å². The van der Waals surface area contributed by atoms with Crippen molar-refractivity contribution in [3.8, 4) is 0 Å². The SMILES string of the molecule is COCC(=O)COC(C)(C)C. The van der Waals surface area contributed by atoms with Gasteiger partial charge in [-0.25, -0.2) is 0 Å². The number of ether oxygens (including phenoxy) is 2. The molecule has 0 atom stereocenters. The molecule has 0 radical (unpaired) electrons. The molecule has 0 N–H and O–H groups in total. The average molecular weight is 160 g/mol. The van der Waals surface area contributed by atoms with Crippen LogP contribution in [0.25, 0.3) is 0 Å². The van der Waals surface area contributed by atoms with Crippen LogP contribution in [0.4, 0.5) is 0 Å². The fourth-order valence-electron chi connectivity index (χ4n) is 0.500. The molecule has 66 valence electrons. The first kappa shape index (κ1) is 10.6. The van der Waals surface area contributed by atoms with E-state index >= 15 is 0 Å². The zero-order chi connectivity index (χ0) is 8.91. The minimum atomic E-state index is -0.247. The molecule has 0 spiro atoms. The zero-order valence-corrected chi connectivity index (χ0v) is 7.64. The maximum atomic E-state index is 10.8. The van der Waals surface area contributed by atoms with Crippen molar-refractivity contribution in [2.75, 3.05) is 20.3 Å². The van der Waals surface area contributed by atoms with Crippen LogP contribution >= 0.6 is 0 Å². The van der Waals surface area contributed by atoms with E-state index in [4.69, 9.17) is 4.74 Å². The van der Waals surface area contributed by atoms with Gasteiger partial charge in [-0.3, -0.25) is 4.79 Å². The van der Waals surface area contributed by atoms with Gasteiger partial charge < -0.3 is 9.47 Å². The van der Waals surface area contributed by atoms with E-state index in [1.54, 1.807) is 0 Å². The highest BCUT2D eigenvalue weighted by atomic mass is 16.5. The first-order valence-corrected chi connectivity index (χ1v) is 3.60. The van der Waals surface area contributed by atoms with Crippen LogP contribution in [0.3, 0.4) is 0 Å². The highest BCUT2D eigenvalue weighted by Gasteiger charge is 2.12. The summed E-state index contributed by atoms with van der Waals surface area (Å²) in [5, 5.41) is 0. The lowest BCUT2D eigenvalue weighted by Crippen LogP contribution is -2.25. The van der Waals surface area contributed by atoms with Crippen LogP contribution < -0.4 is 0 Å². The van der Waals surface area contributed by atoms with E-state index in [2.05, 4.69) is 4.74 Å². The molecule has 0 saturated carbocycles. The molecule has 0 aliphatic carbocycles. The topological polar surface area (TPSA) is 35.5 Å². The quantitative estimate of drug-likeness (QED) is 0.616. The molecular formula is C8H16O3. The molecule has 11 heavy (non-hydrogen) atoms. The zero-order valence-electron chi connectivity index (χ0n) is 7.64. The minimum Gasteiger partial charge on any atom is -0.377 e. The maximum absolute atomic E-state index is 10.8. The molecule has 0 aromatic carbocycles. The van der Waals surface area contributed by atoms with E-state index in [1.807, 2.05) is 20.8 Å². The van der Waals surface area contributed by atoms with Crippen LogP contribution in [0, 0.1) is 0 Å². The fraction of sp³-hybridized carbons (Fsp3) is 0.875. The predicted molar refractivity (Wildman–Crippen MR) is 42.6 cm³/mol. The van der Waals surface area contributed by atoms with Gasteiger partial charge >= 0.3 is 0 Å². The van der Waals surface area contributed by atoms with Gasteiger partial charge in [0, 0.05) is 7.11 Å². The summed E-state index contributed by atoms with van der Waals surface area (Å²) in [7, 11) is 1.50. The van der Waals surface area contributed by atoms with Crippen molar-refractivity contribution in [2.24, 2.45) is 0 Å². The normalized spacial score (nSPS) is 11.6. The van der Waals surface area contributed by atoms with Crippen LogP contribution in [0.1, 0.15) is 20.8 Å². The summed E-state index contributed by atoms with van der Waals surface area (Å²) in [6.45, 7) is 6.00. The lowest BCUT2D eigenvalue weighted by atomic mass is 10.2. The minimum absolute atomic E-state index is 0.0255. The number of hydrogen-bond donors (Lipinski definition) is 0. The molecule has 0 amide bonds. The standard InChI is InChI=1S/C8H16O3/c1-8(2,3)11-6-7(9)5-10-4/h5-6H2,1-4H3. The third-order valence-corrected chi connectivity index (χ3v) is 0.971. The van der Waals surface area contributed by atoms with E-state index in [9.17, 15) is 4.79 Å². The molecule has 0 aliphatic heterocycles. The molecule has 3 heteroatoms. The van der Waals surface area contributed by atoms with Crippen molar-refractivity contribution >= 4 is 5.78 Å². The molecule has 0 fully saturated rings. The third-order valence-electron chi connectivity index (χ3n) is 0.971. The van der Waals surface area contributed by atoms with Gasteiger partial charge in [-0.05, 0) is 20.8 Å². The Morgan fingerprint density at radius 3 is 2.18 bits per heavy atom. The van der Waals surface area contributed by atoms with E-state index in [0.717, 1.165) is 0 Å². The van der Waals surface area contributed by atoms with Gasteiger partial charge in [0.25, 0.3) is 0 Å². The summed E-state index contributed by atoms with van der Waals surface area (Å²) in [6, 6.07) is 0. The monoisotopic (exact) mass is 160 g/mol. The smallest absolute Gasteiger partial charge is 0.183 e. The summed E-state index contributed by atoms with van der Waals surface area (Å²) in [6.07, 6.45) is 0. The summed E-state index contributed by atoms with van der Waals surface area (Å²) in [5.41, 5.74) is -0.247. The number of Topliss-reactive ketones (excluding diaryl/α,β-unsaturated/α-hetero) is 1. The van der Waals surface area contributed by atoms with Crippen LogP contribution in [-0.2, 0) is 14.3 Å². The lowest BCUT2D eigenvalue weighted by Gasteiger charge is -2.18. The van der Waals surface area contributed by atoms with Crippen LogP contribution in [0.5, 0.6) is 0 Å². The predicted octanol–water partition coefficient (Wildman–Crippen LogP) is 1.02. The van der Waals surface area contributed by atoms with E-state index in [1.165, 1.54) is 7.11 Å². The van der Waals surface area contributed by atoms with Gasteiger partial charge in [0.2, 0.25) is 0 Å². The van der Waals surface area contributed by atoms with Crippen molar-refractivity contribution in [3.05, 3.63) is 0 Å². The second kappa shape index (κ2) is 4.46. The van der Waals surface area contributed by atoms with Gasteiger partial charge in [0.15, 0.2) is 5.78 Å². The number of ketones is 1. The Morgan fingerprint density at radius 2 is 1.82 bits per heavy atom. The van der Waals surface area contributed by atoms with E-state index in [-0.39, 0.29) is 24.6 Å². The maximum Gasteiger partial charge on any atom is 0.183 e. The Balaban J connectivity index is 3.46. The van der Waals surface area contributed by atoms with E-state index in [0.29, 0.717) is 0 Å². The highest BCUT2D eigenvalue weighted by Crippen LogP contribution is 2.05. The van der Waals surface area contributed by atoms with Gasteiger partial charge in [-0.2, -0.15) is 0 Å². The summed E-state index contributed by atoms with van der Waals surface area (Å²) in [4.78, 5) is 10.8. The largest absolute Gasteiger partial charge is 0.377 e. The Labute approximate surface area is 67.7 Å². The molecule has 0 aromatic heterocycles. The first-order valence-electron chi connectivity index (χ1n) is 3.60. The van der Waals surface area contributed by atoms with Crippen molar-refractivity contribution in [1.29, 1.82) is 0 Å². The molecule has 0 bridgehead atoms. The van der Waals surface area contributed by atoms with Crippen molar-refractivity contribution in [1.82, 2.24) is 0 Å². The van der Waals surface area contributed by atoms with E-state index < -0.39 is 0 Å². The van der Waals surface area contributed by atoms with Crippen molar-refractivity contribution in [3.63, 3.8) is 0 Å². The molecule has 0 unspecified atom stereocenters. The average Bonchev–Trinajstić information content (AvgIpc) is 1.83. The second-order valence-electron chi connectivity index (χ2n) is 3.37. The number of hydrogen-bond acceptors (Lipinski definition) is 3. The van der Waals surface area contributed by atoms with Gasteiger partial charge in [0.1, 0.15) is 13.2 Å². The van der Waals surface area contributed by atoms with Gasteiger partial charge in [0.05, 0.1) is 5.60 Å². The number of methoxy groups -OCH3 is 1. The van der Waals surface area contributed by atoms with Gasteiger partial charge in [-0.1, -0.05) is 0 Å². The summed E-state index contributed by atoms with van der Waals surface area (Å²) >= 11 is 0. The first-order chi connectivity index (χ1) is 4.95. The summed E-state index contributed by atoms with van der Waals surface area (Å²) < 4.78 is 9.85. The molecule has 0 aliphatic rings. The fourth-order valence-corrected chi connectivity index (χ4v) is 0.500. The van der Waals surface area contributed by atoms with Crippen LogP contribution in [-0.4, -0.2) is 31.7 Å². The molecule has 0 saturated heterocycles. The third kappa shape index (κ3) is 7.49. The highest BCUT2D eigenvalue weighted by molar-refractivity contribution is 5.80. The Morgan fingerprint density at radius 1 is 1.27 bits per heavy atom. The van der Waals surface area contributed by atoms with Gasteiger partial charge in [-0.15, -0.1) is 0 Å². The van der Waals surface area contributed by atoms with Crippen LogP contribution in [0.15, 0.2) is 0 Å².